The summed E-state index contributed by atoms with van der Waals surface area (Å²) in [5.74, 6) is 0. The van der Waals surface area contributed by atoms with Gasteiger partial charge in [-0.3, -0.25) is 0 Å². The number of aryl methyl sites for hydroxylation is 2. The summed E-state index contributed by atoms with van der Waals surface area (Å²) in [7, 11) is 2.01. The van der Waals surface area contributed by atoms with Crippen molar-refractivity contribution in [3.05, 3.63) is 54.1 Å². The average Bonchev–Trinajstić information content (AvgIpc) is 2.58. The van der Waals surface area contributed by atoms with Crippen LogP contribution in [0.25, 0.3) is 0 Å². The first-order valence-electron chi connectivity index (χ1n) is 5.71. The molecule has 0 bridgehead atoms. The van der Waals surface area contributed by atoms with Gasteiger partial charge in [-0.05, 0) is 56.3 Å². The van der Waals surface area contributed by atoms with Crippen molar-refractivity contribution in [1.82, 2.24) is 5.32 Å². The Morgan fingerprint density at radius 3 is 2.11 bits per heavy atom. The third-order valence-corrected chi connectivity index (χ3v) is 4.98. The highest BCUT2D eigenvalue weighted by Crippen LogP contribution is 2.34. The van der Waals surface area contributed by atoms with Crippen molar-refractivity contribution in [3.63, 3.8) is 0 Å². The third-order valence-electron chi connectivity index (χ3n) is 2.85. The van der Waals surface area contributed by atoms with E-state index < -0.39 is 0 Å². The first kappa shape index (κ1) is 14.3. The van der Waals surface area contributed by atoms with Crippen LogP contribution in [0.1, 0.15) is 26.9 Å². The molecule has 0 spiro atoms. The maximum Gasteiger partial charge on any atom is 0.0672 e. The molecule has 18 heavy (non-hydrogen) atoms. The summed E-state index contributed by atoms with van der Waals surface area (Å²) in [6, 6.07) is 8.89. The van der Waals surface area contributed by atoms with Gasteiger partial charge in [0.15, 0.2) is 0 Å². The summed E-state index contributed by atoms with van der Waals surface area (Å²) >= 11 is 8.97. The van der Waals surface area contributed by atoms with E-state index >= 15 is 0 Å². The normalized spacial score (nSPS) is 12.7. The van der Waals surface area contributed by atoms with Crippen molar-refractivity contribution in [2.75, 3.05) is 7.05 Å². The van der Waals surface area contributed by atoms with Gasteiger partial charge in [0.2, 0.25) is 0 Å². The zero-order valence-electron chi connectivity index (χ0n) is 10.6. The van der Waals surface area contributed by atoms with Crippen LogP contribution in [0.15, 0.2) is 33.2 Å². The van der Waals surface area contributed by atoms with Gasteiger partial charge in [0.1, 0.15) is 0 Å². The summed E-state index contributed by atoms with van der Waals surface area (Å²) in [4.78, 5) is 2.75. The van der Waals surface area contributed by atoms with Crippen LogP contribution < -0.4 is 5.32 Å². The first-order valence-corrected chi connectivity index (χ1v) is 8.11. The third kappa shape index (κ3) is 3.05. The van der Waals surface area contributed by atoms with E-state index in [9.17, 15) is 0 Å². The molecule has 0 radical (unpaired) electrons. The predicted octanol–water partition coefficient (Wildman–Crippen LogP) is 5.20. The number of benzene rings is 1. The molecule has 1 N–H and O–H groups in total. The molecule has 2 aromatic rings. The van der Waals surface area contributed by atoms with Gasteiger partial charge in [0, 0.05) is 18.7 Å². The zero-order valence-corrected chi connectivity index (χ0v) is 14.5. The summed E-state index contributed by atoms with van der Waals surface area (Å²) in [6.07, 6.45) is 0. The number of nitrogens with one attached hydrogen (secondary N) is 1. The Morgan fingerprint density at radius 2 is 1.67 bits per heavy atom. The molecule has 0 aliphatic rings. The summed E-state index contributed by atoms with van der Waals surface area (Å²) in [6.45, 7) is 4.33. The van der Waals surface area contributed by atoms with Crippen LogP contribution in [0.3, 0.4) is 0 Å². The quantitative estimate of drug-likeness (QED) is 0.761. The second-order valence-corrected chi connectivity index (χ2v) is 7.45. The van der Waals surface area contributed by atoms with Gasteiger partial charge in [-0.15, -0.1) is 11.3 Å². The van der Waals surface area contributed by atoms with Gasteiger partial charge in [-0.2, -0.15) is 0 Å². The van der Waals surface area contributed by atoms with Crippen molar-refractivity contribution in [3.8, 4) is 0 Å². The lowest BCUT2D eigenvalue weighted by atomic mass is 10.0. The molecule has 1 heterocycles. The molecule has 0 fully saturated rings. The van der Waals surface area contributed by atoms with Crippen molar-refractivity contribution in [2.45, 2.75) is 19.9 Å². The Kier molecular flexibility index (Phi) is 4.64. The van der Waals surface area contributed by atoms with Crippen molar-refractivity contribution >= 4 is 43.2 Å². The molecule has 0 saturated carbocycles. The van der Waals surface area contributed by atoms with Gasteiger partial charge in [-0.25, -0.2) is 0 Å². The molecule has 2 rings (SSSR count). The van der Waals surface area contributed by atoms with Crippen LogP contribution in [-0.2, 0) is 0 Å². The Morgan fingerprint density at radius 1 is 1.06 bits per heavy atom. The zero-order chi connectivity index (χ0) is 13.3. The SMILES string of the molecule is CNC(c1cc(Br)cc(Br)c1)c1sc(C)cc1C. The van der Waals surface area contributed by atoms with E-state index in [0.717, 1.165) is 8.95 Å². The highest BCUT2D eigenvalue weighted by atomic mass is 79.9. The predicted molar refractivity (Wildman–Crippen MR) is 86.5 cm³/mol. The second kappa shape index (κ2) is 5.87. The maximum absolute atomic E-state index is 3.55. The first-order chi connectivity index (χ1) is 8.51. The largest absolute Gasteiger partial charge is 0.309 e. The molecule has 1 unspecified atom stereocenters. The fraction of sp³-hybridized carbons (Fsp3) is 0.286. The highest BCUT2D eigenvalue weighted by molar-refractivity contribution is 9.11. The molecule has 96 valence electrons. The van der Waals surface area contributed by atoms with Crippen LogP contribution in [-0.4, -0.2) is 7.05 Å². The molecule has 1 nitrogen and oxygen atoms in total. The molecule has 4 heteroatoms. The minimum atomic E-state index is 0.248. The Bertz CT molecular complexity index is 543. The van der Waals surface area contributed by atoms with Gasteiger partial charge < -0.3 is 5.32 Å². The van der Waals surface area contributed by atoms with Crippen LogP contribution in [0.2, 0.25) is 0 Å². The van der Waals surface area contributed by atoms with Gasteiger partial charge >= 0.3 is 0 Å². The fourth-order valence-corrected chi connectivity index (χ4v) is 4.64. The van der Waals surface area contributed by atoms with E-state index in [1.165, 1.54) is 20.9 Å². The van der Waals surface area contributed by atoms with Crippen molar-refractivity contribution in [2.24, 2.45) is 0 Å². The standard InChI is InChI=1S/C14H15Br2NS/c1-8-4-9(2)18-14(8)13(17-3)10-5-11(15)7-12(16)6-10/h4-7,13,17H,1-3H3. The van der Waals surface area contributed by atoms with E-state index in [0.29, 0.717) is 0 Å². The molecule has 0 saturated heterocycles. The van der Waals surface area contributed by atoms with Crippen LogP contribution >= 0.6 is 43.2 Å². The number of halogens is 2. The summed E-state index contributed by atoms with van der Waals surface area (Å²) in [5.41, 5.74) is 2.62. The maximum atomic E-state index is 3.55. The number of rotatable bonds is 3. The minimum absolute atomic E-state index is 0.248. The number of hydrogen-bond acceptors (Lipinski definition) is 2. The lowest BCUT2D eigenvalue weighted by molar-refractivity contribution is 0.699. The van der Waals surface area contributed by atoms with E-state index in [2.05, 4.69) is 75.3 Å². The van der Waals surface area contributed by atoms with Crippen LogP contribution in [0.4, 0.5) is 0 Å². The van der Waals surface area contributed by atoms with Crippen molar-refractivity contribution < 1.29 is 0 Å². The lowest BCUT2D eigenvalue weighted by Crippen LogP contribution is -2.17. The van der Waals surface area contributed by atoms with Crippen molar-refractivity contribution in [1.29, 1.82) is 0 Å². The van der Waals surface area contributed by atoms with Crippen LogP contribution in [0.5, 0.6) is 0 Å². The lowest BCUT2D eigenvalue weighted by Gasteiger charge is -2.17. The Balaban J connectivity index is 2.48. The number of hydrogen-bond donors (Lipinski definition) is 1. The molecule has 0 aliphatic heterocycles. The highest BCUT2D eigenvalue weighted by Gasteiger charge is 2.17. The second-order valence-electron chi connectivity index (χ2n) is 4.33. The van der Waals surface area contributed by atoms with E-state index in [4.69, 9.17) is 0 Å². The molecule has 0 aliphatic carbocycles. The number of thiophene rings is 1. The fourth-order valence-electron chi connectivity index (χ4n) is 2.14. The minimum Gasteiger partial charge on any atom is -0.309 e. The molecular weight excluding hydrogens is 374 g/mol. The molecular formula is C14H15Br2NS. The van der Waals surface area contributed by atoms with Gasteiger partial charge in [-0.1, -0.05) is 31.9 Å². The molecule has 0 amide bonds. The summed E-state index contributed by atoms with van der Waals surface area (Å²) in [5, 5.41) is 3.41. The topological polar surface area (TPSA) is 12.0 Å². The monoisotopic (exact) mass is 387 g/mol. The van der Waals surface area contributed by atoms with Gasteiger partial charge in [0.25, 0.3) is 0 Å². The van der Waals surface area contributed by atoms with Crippen LogP contribution in [0, 0.1) is 13.8 Å². The molecule has 1 aromatic carbocycles. The summed E-state index contributed by atoms with van der Waals surface area (Å²) < 4.78 is 2.19. The van der Waals surface area contributed by atoms with E-state index in [1.807, 2.05) is 18.4 Å². The van der Waals surface area contributed by atoms with E-state index in [1.54, 1.807) is 0 Å². The molecule has 1 aromatic heterocycles. The van der Waals surface area contributed by atoms with Gasteiger partial charge in [0.05, 0.1) is 6.04 Å². The molecule has 1 atom stereocenters. The Hall–Kier alpha value is -0.160. The Labute approximate surface area is 129 Å². The van der Waals surface area contributed by atoms with E-state index in [-0.39, 0.29) is 6.04 Å². The average molecular weight is 389 g/mol. The smallest absolute Gasteiger partial charge is 0.0672 e.